The molecule has 0 aromatic carbocycles. The molecule has 0 aliphatic carbocycles. The highest BCUT2D eigenvalue weighted by Crippen LogP contribution is 2.09. The van der Waals surface area contributed by atoms with E-state index in [2.05, 4.69) is 10.2 Å². The standard InChI is InChI=1S/C6H14N2O2/c1-5(2,9)7-8-6(3,4)10/h9-10H,1-4H3. The van der Waals surface area contributed by atoms with Crippen molar-refractivity contribution in [1.82, 2.24) is 0 Å². The molecule has 0 saturated carbocycles. The SMILES string of the molecule is CC(C)(O)N=NC(C)(C)O. The van der Waals surface area contributed by atoms with Crippen LogP contribution in [0.4, 0.5) is 0 Å². The molecule has 2 N–H and O–H groups in total. The average molecular weight is 146 g/mol. The maximum Gasteiger partial charge on any atom is 0.170 e. The second-order valence-electron chi connectivity index (χ2n) is 3.19. The third-order valence-corrected chi connectivity index (χ3v) is 0.539. The predicted molar refractivity (Wildman–Crippen MR) is 37.5 cm³/mol. The van der Waals surface area contributed by atoms with Crippen molar-refractivity contribution in [2.75, 3.05) is 0 Å². The Morgan fingerprint density at radius 3 is 1.10 bits per heavy atom. The molecule has 0 aliphatic rings. The Labute approximate surface area is 60.6 Å². The Bertz CT molecular complexity index is 114. The molecule has 0 saturated heterocycles. The highest BCUT2D eigenvalue weighted by Gasteiger charge is 2.14. The first-order chi connectivity index (χ1) is 4.21. The summed E-state index contributed by atoms with van der Waals surface area (Å²) in [6.45, 7) is 5.95. The lowest BCUT2D eigenvalue weighted by molar-refractivity contribution is 0.0432. The van der Waals surface area contributed by atoms with Gasteiger partial charge in [0.1, 0.15) is 0 Å². The molecule has 0 fully saturated rings. The van der Waals surface area contributed by atoms with Crippen molar-refractivity contribution in [3.05, 3.63) is 0 Å². The van der Waals surface area contributed by atoms with Gasteiger partial charge in [0.05, 0.1) is 0 Å². The Hall–Kier alpha value is -0.480. The van der Waals surface area contributed by atoms with E-state index in [-0.39, 0.29) is 0 Å². The van der Waals surface area contributed by atoms with Gasteiger partial charge in [-0.25, -0.2) is 0 Å². The second kappa shape index (κ2) is 2.64. The molecule has 0 aliphatic heterocycles. The zero-order chi connectivity index (χ0) is 8.41. The Morgan fingerprint density at radius 1 is 0.800 bits per heavy atom. The largest absolute Gasteiger partial charge is 0.368 e. The molecule has 0 spiro atoms. The van der Waals surface area contributed by atoms with E-state index in [1.807, 2.05) is 0 Å². The van der Waals surface area contributed by atoms with Gasteiger partial charge in [-0.15, -0.1) is 0 Å². The monoisotopic (exact) mass is 146 g/mol. The summed E-state index contributed by atoms with van der Waals surface area (Å²) in [6.07, 6.45) is 0. The van der Waals surface area contributed by atoms with Crippen molar-refractivity contribution in [2.45, 2.75) is 39.1 Å². The molecule has 0 aromatic heterocycles. The fraction of sp³-hybridized carbons (Fsp3) is 1.00. The van der Waals surface area contributed by atoms with Gasteiger partial charge in [-0.3, -0.25) is 0 Å². The lowest BCUT2D eigenvalue weighted by Gasteiger charge is -2.13. The van der Waals surface area contributed by atoms with Gasteiger partial charge in [-0.1, -0.05) is 0 Å². The molecule has 0 heterocycles. The third kappa shape index (κ3) is 7.52. The first-order valence-electron chi connectivity index (χ1n) is 3.09. The van der Waals surface area contributed by atoms with Crippen molar-refractivity contribution in [3.63, 3.8) is 0 Å². The highest BCUT2D eigenvalue weighted by atomic mass is 16.3. The first kappa shape index (κ1) is 9.52. The highest BCUT2D eigenvalue weighted by molar-refractivity contribution is 4.62. The summed E-state index contributed by atoms with van der Waals surface area (Å²) in [6, 6.07) is 0. The summed E-state index contributed by atoms with van der Waals surface area (Å²) in [5.41, 5.74) is -2.39. The lowest BCUT2D eigenvalue weighted by Crippen LogP contribution is -2.19. The van der Waals surface area contributed by atoms with E-state index in [0.29, 0.717) is 0 Å². The van der Waals surface area contributed by atoms with Gasteiger partial charge in [0, 0.05) is 0 Å². The van der Waals surface area contributed by atoms with Gasteiger partial charge in [-0.2, -0.15) is 10.2 Å². The molecule has 4 nitrogen and oxygen atoms in total. The molecular weight excluding hydrogens is 132 g/mol. The van der Waals surface area contributed by atoms with Crippen LogP contribution in [0.25, 0.3) is 0 Å². The second-order valence-corrected chi connectivity index (χ2v) is 3.19. The van der Waals surface area contributed by atoms with Gasteiger partial charge in [0.15, 0.2) is 11.4 Å². The molecular formula is C6H14N2O2. The minimum atomic E-state index is -1.19. The van der Waals surface area contributed by atoms with E-state index >= 15 is 0 Å². The fourth-order valence-corrected chi connectivity index (χ4v) is 0.245. The maximum atomic E-state index is 9.01. The molecule has 4 heteroatoms. The van der Waals surface area contributed by atoms with Crippen molar-refractivity contribution >= 4 is 0 Å². The van der Waals surface area contributed by atoms with Crippen LogP contribution < -0.4 is 0 Å². The topological polar surface area (TPSA) is 65.2 Å². The molecule has 0 bridgehead atoms. The van der Waals surface area contributed by atoms with E-state index in [4.69, 9.17) is 10.2 Å². The zero-order valence-corrected chi connectivity index (χ0v) is 6.79. The molecule has 10 heavy (non-hydrogen) atoms. The summed E-state index contributed by atoms with van der Waals surface area (Å²) < 4.78 is 0. The summed E-state index contributed by atoms with van der Waals surface area (Å²) >= 11 is 0. The summed E-state index contributed by atoms with van der Waals surface area (Å²) in [5, 5.41) is 24.9. The number of azo groups is 1. The van der Waals surface area contributed by atoms with Crippen LogP contribution in [0.3, 0.4) is 0 Å². The summed E-state index contributed by atoms with van der Waals surface area (Å²) in [7, 11) is 0. The molecule has 0 rings (SSSR count). The number of nitrogens with zero attached hydrogens (tertiary/aromatic N) is 2. The molecule has 0 atom stereocenters. The van der Waals surface area contributed by atoms with Gasteiger partial charge in [0.2, 0.25) is 0 Å². The molecule has 60 valence electrons. The Balaban J connectivity index is 4.01. The Kier molecular flexibility index (Phi) is 2.51. The summed E-state index contributed by atoms with van der Waals surface area (Å²) in [5.74, 6) is 0. The van der Waals surface area contributed by atoms with Crippen molar-refractivity contribution in [2.24, 2.45) is 10.2 Å². The number of hydrogen-bond acceptors (Lipinski definition) is 4. The van der Waals surface area contributed by atoms with Crippen LogP contribution in [-0.4, -0.2) is 21.7 Å². The molecule has 0 radical (unpaired) electrons. The van der Waals surface area contributed by atoms with Crippen LogP contribution in [-0.2, 0) is 0 Å². The lowest BCUT2D eigenvalue weighted by atomic mass is 10.3. The van der Waals surface area contributed by atoms with E-state index in [1.54, 1.807) is 0 Å². The van der Waals surface area contributed by atoms with Crippen LogP contribution in [0, 0.1) is 0 Å². The zero-order valence-electron chi connectivity index (χ0n) is 6.79. The number of hydrogen-bond donors (Lipinski definition) is 2. The van der Waals surface area contributed by atoms with Gasteiger partial charge >= 0.3 is 0 Å². The van der Waals surface area contributed by atoms with Crippen LogP contribution in [0.5, 0.6) is 0 Å². The van der Waals surface area contributed by atoms with E-state index in [0.717, 1.165) is 0 Å². The van der Waals surface area contributed by atoms with E-state index < -0.39 is 11.4 Å². The smallest absolute Gasteiger partial charge is 0.170 e. The van der Waals surface area contributed by atoms with Crippen molar-refractivity contribution in [3.8, 4) is 0 Å². The molecule has 0 aromatic rings. The first-order valence-corrected chi connectivity index (χ1v) is 3.09. The van der Waals surface area contributed by atoms with Crippen LogP contribution in [0.15, 0.2) is 10.2 Å². The van der Waals surface area contributed by atoms with E-state index in [1.165, 1.54) is 27.7 Å². The maximum absolute atomic E-state index is 9.01. The normalized spacial score (nSPS) is 14.6. The van der Waals surface area contributed by atoms with Gasteiger partial charge in [0.25, 0.3) is 0 Å². The average Bonchev–Trinajstić information content (AvgIpc) is 1.57. The predicted octanol–water partition coefficient (Wildman–Crippen LogP) is 0.895. The molecule has 0 unspecified atom stereocenters. The summed E-state index contributed by atoms with van der Waals surface area (Å²) in [4.78, 5) is 0. The van der Waals surface area contributed by atoms with Crippen LogP contribution in [0.1, 0.15) is 27.7 Å². The van der Waals surface area contributed by atoms with Gasteiger partial charge in [-0.05, 0) is 27.7 Å². The molecule has 0 amide bonds. The number of aliphatic hydroxyl groups is 2. The van der Waals surface area contributed by atoms with E-state index in [9.17, 15) is 0 Å². The number of rotatable bonds is 2. The minimum absolute atomic E-state index is 1.19. The third-order valence-electron chi connectivity index (χ3n) is 0.539. The van der Waals surface area contributed by atoms with Crippen LogP contribution >= 0.6 is 0 Å². The Morgan fingerprint density at radius 2 is 1.00 bits per heavy atom. The van der Waals surface area contributed by atoms with Crippen LogP contribution in [0.2, 0.25) is 0 Å². The van der Waals surface area contributed by atoms with Gasteiger partial charge < -0.3 is 10.2 Å². The quantitative estimate of drug-likeness (QED) is 0.568. The minimum Gasteiger partial charge on any atom is -0.368 e. The van der Waals surface area contributed by atoms with Crippen molar-refractivity contribution in [1.29, 1.82) is 0 Å². The fourth-order valence-electron chi connectivity index (χ4n) is 0.245. The van der Waals surface area contributed by atoms with Crippen molar-refractivity contribution < 1.29 is 10.2 Å².